The van der Waals surface area contributed by atoms with Crippen LogP contribution in [-0.2, 0) is 0 Å². The zero-order valence-corrected chi connectivity index (χ0v) is 11.1. The molecule has 0 bridgehead atoms. The van der Waals surface area contributed by atoms with Crippen molar-refractivity contribution in [2.75, 3.05) is 19.6 Å². The third-order valence-electron chi connectivity index (χ3n) is 3.73. The van der Waals surface area contributed by atoms with E-state index >= 15 is 0 Å². The molecule has 1 atom stereocenters. The van der Waals surface area contributed by atoms with E-state index < -0.39 is 17.7 Å². The first-order valence-electron chi connectivity index (χ1n) is 7.02. The van der Waals surface area contributed by atoms with Gasteiger partial charge in [-0.15, -0.1) is 0 Å². The Morgan fingerprint density at radius 2 is 1.79 bits per heavy atom. The van der Waals surface area contributed by atoms with Gasteiger partial charge < -0.3 is 10.0 Å². The van der Waals surface area contributed by atoms with E-state index in [0.29, 0.717) is 6.42 Å². The van der Waals surface area contributed by atoms with Gasteiger partial charge in [-0.05, 0) is 50.6 Å². The Morgan fingerprint density at radius 1 is 1.11 bits per heavy atom. The molecule has 0 amide bonds. The maximum absolute atomic E-state index is 13.5. The van der Waals surface area contributed by atoms with Crippen molar-refractivity contribution in [3.05, 3.63) is 35.4 Å². The van der Waals surface area contributed by atoms with E-state index in [4.69, 9.17) is 0 Å². The Labute approximate surface area is 113 Å². The van der Waals surface area contributed by atoms with Gasteiger partial charge >= 0.3 is 0 Å². The third-order valence-corrected chi connectivity index (χ3v) is 3.73. The lowest BCUT2D eigenvalue weighted by molar-refractivity contribution is 0.139. The molecule has 1 N–H and O–H groups in total. The average Bonchev–Trinajstić information content (AvgIpc) is 2.67. The number of hydrogen-bond donors (Lipinski definition) is 1. The van der Waals surface area contributed by atoms with Crippen molar-refractivity contribution >= 4 is 0 Å². The molecule has 0 aliphatic carbocycles. The molecule has 1 aromatic rings. The minimum Gasteiger partial charge on any atom is -0.388 e. The summed E-state index contributed by atoms with van der Waals surface area (Å²) in [4.78, 5) is 2.30. The van der Waals surface area contributed by atoms with E-state index in [1.807, 2.05) is 0 Å². The zero-order valence-electron chi connectivity index (χ0n) is 11.1. The summed E-state index contributed by atoms with van der Waals surface area (Å²) in [6.45, 7) is 2.81. The van der Waals surface area contributed by atoms with E-state index in [2.05, 4.69) is 4.90 Å². The van der Waals surface area contributed by atoms with Gasteiger partial charge in [-0.3, -0.25) is 0 Å². The molecule has 1 aromatic carbocycles. The predicted molar refractivity (Wildman–Crippen MR) is 70.8 cm³/mol. The highest BCUT2D eigenvalue weighted by atomic mass is 19.1. The second kappa shape index (κ2) is 6.96. The number of aliphatic hydroxyl groups excluding tert-OH is 1. The number of rotatable bonds is 4. The Hall–Kier alpha value is -1.00. The van der Waals surface area contributed by atoms with Gasteiger partial charge in [0.05, 0.1) is 6.10 Å². The summed E-state index contributed by atoms with van der Waals surface area (Å²) in [6.07, 6.45) is 4.41. The number of hydrogen-bond acceptors (Lipinski definition) is 2. The van der Waals surface area contributed by atoms with E-state index in [1.54, 1.807) is 0 Å². The van der Waals surface area contributed by atoms with Gasteiger partial charge in [0.25, 0.3) is 0 Å². The topological polar surface area (TPSA) is 23.5 Å². The fourth-order valence-electron chi connectivity index (χ4n) is 2.59. The van der Waals surface area contributed by atoms with Crippen molar-refractivity contribution < 1.29 is 13.9 Å². The van der Waals surface area contributed by atoms with Gasteiger partial charge in [-0.25, -0.2) is 8.78 Å². The van der Waals surface area contributed by atoms with E-state index in [-0.39, 0.29) is 5.56 Å². The van der Waals surface area contributed by atoms with Crippen LogP contribution in [0.1, 0.15) is 43.8 Å². The third kappa shape index (κ3) is 4.25. The number of halogens is 2. The normalized spacial score (nSPS) is 19.1. The second-order valence-corrected chi connectivity index (χ2v) is 5.23. The molecule has 0 aromatic heterocycles. The molecule has 1 saturated heterocycles. The summed E-state index contributed by atoms with van der Waals surface area (Å²) < 4.78 is 26.6. The van der Waals surface area contributed by atoms with Crippen LogP contribution < -0.4 is 0 Å². The van der Waals surface area contributed by atoms with Gasteiger partial charge in [0.15, 0.2) is 0 Å². The van der Waals surface area contributed by atoms with Gasteiger partial charge in [-0.2, -0.15) is 0 Å². The molecule has 1 aliphatic heterocycles. The fourth-order valence-corrected chi connectivity index (χ4v) is 2.59. The lowest BCUT2D eigenvalue weighted by Gasteiger charge is -2.21. The quantitative estimate of drug-likeness (QED) is 0.907. The number of benzene rings is 1. The molecule has 19 heavy (non-hydrogen) atoms. The van der Waals surface area contributed by atoms with Crippen molar-refractivity contribution in [1.29, 1.82) is 0 Å². The molecule has 1 aliphatic rings. The van der Waals surface area contributed by atoms with Crippen molar-refractivity contribution in [3.8, 4) is 0 Å². The standard InChI is InChI=1S/C15H21F2NO/c16-12-5-6-14(17)13(11-12)15(19)7-10-18-8-3-1-2-4-9-18/h5-6,11,15,19H,1-4,7-10H2. The lowest BCUT2D eigenvalue weighted by Crippen LogP contribution is -2.27. The molecule has 1 fully saturated rings. The molecule has 1 unspecified atom stereocenters. The molecular formula is C15H21F2NO. The van der Waals surface area contributed by atoms with Crippen molar-refractivity contribution in [1.82, 2.24) is 4.90 Å². The minimum atomic E-state index is -0.932. The zero-order chi connectivity index (χ0) is 13.7. The predicted octanol–water partition coefficient (Wildman–Crippen LogP) is 3.26. The lowest BCUT2D eigenvalue weighted by atomic mass is 10.1. The first-order valence-corrected chi connectivity index (χ1v) is 7.02. The van der Waals surface area contributed by atoms with E-state index in [0.717, 1.165) is 37.8 Å². The summed E-state index contributed by atoms with van der Waals surface area (Å²) in [5, 5.41) is 9.99. The highest BCUT2D eigenvalue weighted by molar-refractivity contribution is 5.21. The smallest absolute Gasteiger partial charge is 0.129 e. The van der Waals surface area contributed by atoms with E-state index in [1.165, 1.54) is 25.7 Å². The van der Waals surface area contributed by atoms with Crippen LogP contribution in [0.3, 0.4) is 0 Å². The monoisotopic (exact) mass is 269 g/mol. The minimum absolute atomic E-state index is 0.0646. The van der Waals surface area contributed by atoms with Crippen LogP contribution in [0.4, 0.5) is 8.78 Å². The van der Waals surface area contributed by atoms with Gasteiger partial charge in [0.2, 0.25) is 0 Å². The number of likely N-dealkylation sites (tertiary alicyclic amines) is 1. The molecule has 2 nitrogen and oxygen atoms in total. The SMILES string of the molecule is OC(CCN1CCCCCC1)c1cc(F)ccc1F. The van der Waals surface area contributed by atoms with Crippen molar-refractivity contribution in [3.63, 3.8) is 0 Å². The van der Waals surface area contributed by atoms with Crippen LogP contribution in [-0.4, -0.2) is 29.6 Å². The maximum Gasteiger partial charge on any atom is 0.129 e. The Balaban J connectivity index is 1.89. The number of nitrogens with zero attached hydrogens (tertiary/aromatic N) is 1. The summed E-state index contributed by atoms with van der Waals surface area (Å²) in [6, 6.07) is 3.22. The first kappa shape index (κ1) is 14.4. The van der Waals surface area contributed by atoms with Crippen LogP contribution in [0.2, 0.25) is 0 Å². The molecule has 0 spiro atoms. The van der Waals surface area contributed by atoms with Crippen LogP contribution in [0.25, 0.3) is 0 Å². The molecule has 1 heterocycles. The van der Waals surface area contributed by atoms with Crippen LogP contribution in [0, 0.1) is 11.6 Å². The highest BCUT2D eigenvalue weighted by Crippen LogP contribution is 2.22. The Morgan fingerprint density at radius 3 is 2.47 bits per heavy atom. The Bertz CT molecular complexity index is 403. The molecular weight excluding hydrogens is 248 g/mol. The van der Waals surface area contributed by atoms with Crippen LogP contribution in [0.5, 0.6) is 0 Å². The summed E-state index contributed by atoms with van der Waals surface area (Å²) in [5.74, 6) is -1.05. The molecule has 2 rings (SSSR count). The van der Waals surface area contributed by atoms with E-state index in [9.17, 15) is 13.9 Å². The van der Waals surface area contributed by atoms with Crippen molar-refractivity contribution in [2.45, 2.75) is 38.2 Å². The largest absolute Gasteiger partial charge is 0.388 e. The summed E-state index contributed by atoms with van der Waals surface area (Å²) in [5.41, 5.74) is 0.0646. The average molecular weight is 269 g/mol. The fraction of sp³-hybridized carbons (Fsp3) is 0.600. The molecule has 0 radical (unpaired) electrons. The van der Waals surface area contributed by atoms with Gasteiger partial charge in [-0.1, -0.05) is 12.8 Å². The van der Waals surface area contributed by atoms with Gasteiger partial charge in [0.1, 0.15) is 11.6 Å². The van der Waals surface area contributed by atoms with Crippen molar-refractivity contribution in [2.24, 2.45) is 0 Å². The summed E-state index contributed by atoms with van der Waals surface area (Å²) >= 11 is 0. The number of aliphatic hydroxyl groups is 1. The molecule has 0 saturated carbocycles. The van der Waals surface area contributed by atoms with Crippen LogP contribution in [0.15, 0.2) is 18.2 Å². The summed E-state index contributed by atoms with van der Waals surface area (Å²) in [7, 11) is 0. The first-order chi connectivity index (χ1) is 9.16. The Kier molecular flexibility index (Phi) is 5.28. The highest BCUT2D eigenvalue weighted by Gasteiger charge is 2.16. The second-order valence-electron chi connectivity index (χ2n) is 5.23. The molecule has 4 heteroatoms. The maximum atomic E-state index is 13.5. The van der Waals surface area contributed by atoms with Crippen LogP contribution >= 0.6 is 0 Å². The molecule has 106 valence electrons. The van der Waals surface area contributed by atoms with Gasteiger partial charge in [0, 0.05) is 12.1 Å².